The summed E-state index contributed by atoms with van der Waals surface area (Å²) in [6.07, 6.45) is -2.09. The molecule has 0 spiro atoms. The lowest BCUT2D eigenvalue weighted by Gasteiger charge is -2.39. The molecule has 0 amide bonds. The Bertz CT molecular complexity index is 775. The van der Waals surface area contributed by atoms with E-state index in [9.17, 15) is 13.2 Å². The van der Waals surface area contributed by atoms with Crippen molar-refractivity contribution in [3.05, 3.63) is 64.7 Å². The van der Waals surface area contributed by atoms with E-state index >= 15 is 0 Å². The van der Waals surface area contributed by atoms with Crippen molar-refractivity contribution in [1.82, 2.24) is 4.90 Å². The van der Waals surface area contributed by atoms with Crippen molar-refractivity contribution in [2.75, 3.05) is 31.1 Å². The Kier molecular flexibility index (Phi) is 6.33. The Hall–Kier alpha value is -2.01. The van der Waals surface area contributed by atoms with Gasteiger partial charge in [-0.05, 0) is 74.6 Å². The first-order valence-corrected chi connectivity index (χ1v) is 9.96. The van der Waals surface area contributed by atoms with Crippen LogP contribution in [0.5, 0.6) is 0 Å². The minimum atomic E-state index is -4.28. The lowest BCUT2D eigenvalue weighted by Crippen LogP contribution is -2.49. The first kappa shape index (κ1) is 20.7. The first-order valence-electron chi connectivity index (χ1n) is 9.96. The average Bonchev–Trinajstić information content (AvgIpc) is 2.68. The minimum Gasteiger partial charge on any atom is -0.369 e. The Labute approximate surface area is 166 Å². The Morgan fingerprint density at radius 2 is 1.54 bits per heavy atom. The molecule has 0 radical (unpaired) electrons. The molecular weight excluding hydrogens is 361 g/mol. The average molecular weight is 390 g/mol. The summed E-state index contributed by atoms with van der Waals surface area (Å²) < 4.78 is 38.2. The molecule has 28 heavy (non-hydrogen) atoms. The van der Waals surface area contributed by atoms with Gasteiger partial charge in [-0.2, -0.15) is 13.2 Å². The van der Waals surface area contributed by atoms with Crippen LogP contribution in [0.3, 0.4) is 0 Å². The number of benzene rings is 2. The molecule has 0 aromatic heterocycles. The van der Waals surface area contributed by atoms with Crippen molar-refractivity contribution < 1.29 is 13.2 Å². The van der Waals surface area contributed by atoms with Gasteiger partial charge in [0.2, 0.25) is 0 Å². The van der Waals surface area contributed by atoms with Crippen LogP contribution in [0.1, 0.15) is 35.6 Å². The molecule has 3 rings (SSSR count). The fourth-order valence-corrected chi connectivity index (χ4v) is 3.80. The van der Waals surface area contributed by atoms with Crippen molar-refractivity contribution in [2.45, 2.75) is 45.8 Å². The molecule has 2 aromatic carbocycles. The molecule has 1 aliphatic rings. The molecule has 152 valence electrons. The Morgan fingerprint density at radius 3 is 2.11 bits per heavy atom. The highest BCUT2D eigenvalue weighted by molar-refractivity contribution is 5.48. The quantitative estimate of drug-likeness (QED) is 0.668. The van der Waals surface area contributed by atoms with E-state index in [1.165, 1.54) is 28.8 Å². The van der Waals surface area contributed by atoms with E-state index in [2.05, 4.69) is 48.8 Å². The molecule has 1 saturated heterocycles. The Morgan fingerprint density at radius 1 is 0.893 bits per heavy atom. The number of hydrogen-bond acceptors (Lipinski definition) is 2. The second kappa shape index (κ2) is 8.56. The summed E-state index contributed by atoms with van der Waals surface area (Å²) in [6, 6.07) is 12.7. The molecule has 1 unspecified atom stereocenters. The maximum Gasteiger partial charge on any atom is 0.416 e. The highest BCUT2D eigenvalue weighted by Gasteiger charge is 2.30. The van der Waals surface area contributed by atoms with E-state index < -0.39 is 11.7 Å². The maximum absolute atomic E-state index is 12.7. The third kappa shape index (κ3) is 5.07. The van der Waals surface area contributed by atoms with Crippen LogP contribution in [0.25, 0.3) is 0 Å². The smallest absolute Gasteiger partial charge is 0.369 e. The molecule has 5 heteroatoms. The number of rotatable bonds is 5. The lowest BCUT2D eigenvalue weighted by atomic mass is 10.0. The van der Waals surface area contributed by atoms with Gasteiger partial charge < -0.3 is 4.90 Å². The van der Waals surface area contributed by atoms with Crippen molar-refractivity contribution in [2.24, 2.45) is 0 Å². The predicted molar refractivity (Wildman–Crippen MR) is 109 cm³/mol. The first-order chi connectivity index (χ1) is 13.2. The number of nitrogens with zero attached hydrogens (tertiary/aromatic N) is 2. The monoisotopic (exact) mass is 390 g/mol. The zero-order valence-electron chi connectivity index (χ0n) is 16.9. The largest absolute Gasteiger partial charge is 0.416 e. The minimum absolute atomic E-state index is 0.497. The van der Waals surface area contributed by atoms with Crippen LogP contribution < -0.4 is 4.90 Å². The van der Waals surface area contributed by atoms with Gasteiger partial charge in [-0.25, -0.2) is 0 Å². The summed E-state index contributed by atoms with van der Waals surface area (Å²) in [5.74, 6) is 0. The van der Waals surface area contributed by atoms with Gasteiger partial charge in [-0.1, -0.05) is 18.2 Å². The maximum atomic E-state index is 12.7. The molecule has 1 aliphatic heterocycles. The summed E-state index contributed by atoms with van der Waals surface area (Å²) in [6.45, 7) is 10.1. The molecule has 1 atom stereocenters. The SMILES string of the molecule is Cc1ccc(CCC(C)N2CCN(c3ccc(C(F)(F)F)cc3)CC2)cc1C. The van der Waals surface area contributed by atoms with Crippen LogP contribution in [0.15, 0.2) is 42.5 Å². The molecule has 0 aliphatic carbocycles. The van der Waals surface area contributed by atoms with Crippen LogP contribution >= 0.6 is 0 Å². The number of anilines is 1. The topological polar surface area (TPSA) is 6.48 Å². The number of piperazine rings is 1. The van der Waals surface area contributed by atoms with Crippen LogP contribution in [-0.2, 0) is 12.6 Å². The third-order valence-corrected chi connectivity index (χ3v) is 5.92. The van der Waals surface area contributed by atoms with E-state index in [4.69, 9.17) is 0 Å². The molecule has 1 heterocycles. The summed E-state index contributed by atoms with van der Waals surface area (Å²) in [5.41, 5.74) is 4.34. The van der Waals surface area contributed by atoms with Crippen molar-refractivity contribution in [3.63, 3.8) is 0 Å². The van der Waals surface area contributed by atoms with Gasteiger partial charge in [0.05, 0.1) is 5.56 Å². The van der Waals surface area contributed by atoms with Gasteiger partial charge in [0.1, 0.15) is 0 Å². The van der Waals surface area contributed by atoms with Crippen molar-refractivity contribution in [1.29, 1.82) is 0 Å². The predicted octanol–water partition coefficient (Wildman–Crippen LogP) is 5.47. The van der Waals surface area contributed by atoms with E-state index in [0.29, 0.717) is 6.04 Å². The third-order valence-electron chi connectivity index (χ3n) is 5.92. The highest BCUT2D eigenvalue weighted by atomic mass is 19.4. The van der Waals surface area contributed by atoms with Gasteiger partial charge >= 0.3 is 6.18 Å². The van der Waals surface area contributed by atoms with Crippen LogP contribution in [0, 0.1) is 13.8 Å². The summed E-state index contributed by atoms with van der Waals surface area (Å²) in [5, 5.41) is 0. The Balaban J connectivity index is 1.49. The van der Waals surface area contributed by atoms with E-state index in [1.54, 1.807) is 12.1 Å². The van der Waals surface area contributed by atoms with E-state index in [0.717, 1.165) is 44.7 Å². The van der Waals surface area contributed by atoms with Gasteiger partial charge in [0.15, 0.2) is 0 Å². The van der Waals surface area contributed by atoms with Gasteiger partial charge in [-0.15, -0.1) is 0 Å². The number of hydrogen-bond donors (Lipinski definition) is 0. The van der Waals surface area contributed by atoms with Crippen molar-refractivity contribution in [3.8, 4) is 0 Å². The molecule has 0 bridgehead atoms. The summed E-state index contributed by atoms with van der Waals surface area (Å²) in [7, 11) is 0. The fourth-order valence-electron chi connectivity index (χ4n) is 3.80. The van der Waals surface area contributed by atoms with Crippen LogP contribution in [0.2, 0.25) is 0 Å². The second-order valence-corrected chi connectivity index (χ2v) is 7.87. The van der Waals surface area contributed by atoms with E-state index in [1.807, 2.05) is 0 Å². The van der Waals surface area contributed by atoms with Crippen LogP contribution in [0.4, 0.5) is 18.9 Å². The second-order valence-electron chi connectivity index (χ2n) is 7.87. The lowest BCUT2D eigenvalue weighted by molar-refractivity contribution is -0.137. The normalized spacial score (nSPS) is 17.0. The standard InChI is InChI=1S/C23H29F3N2/c1-17-4-6-20(16-18(17)2)7-5-19(3)27-12-14-28(15-13-27)22-10-8-21(9-11-22)23(24,25)26/h4,6,8-11,16,19H,5,7,12-15H2,1-3H3. The van der Waals surface area contributed by atoms with Gasteiger partial charge in [0.25, 0.3) is 0 Å². The zero-order valence-corrected chi connectivity index (χ0v) is 16.9. The van der Waals surface area contributed by atoms with Gasteiger partial charge in [0, 0.05) is 37.9 Å². The van der Waals surface area contributed by atoms with E-state index in [-0.39, 0.29) is 0 Å². The molecule has 1 fully saturated rings. The molecule has 2 aromatic rings. The number of halogens is 3. The van der Waals surface area contributed by atoms with Crippen LogP contribution in [-0.4, -0.2) is 37.1 Å². The molecule has 2 nitrogen and oxygen atoms in total. The highest BCUT2D eigenvalue weighted by Crippen LogP contribution is 2.30. The number of alkyl halides is 3. The molecule has 0 N–H and O–H groups in total. The summed E-state index contributed by atoms with van der Waals surface area (Å²) >= 11 is 0. The molecule has 0 saturated carbocycles. The van der Waals surface area contributed by atoms with Gasteiger partial charge in [-0.3, -0.25) is 4.90 Å². The fraction of sp³-hybridized carbons (Fsp3) is 0.478. The molecular formula is C23H29F3N2. The number of aryl methyl sites for hydroxylation is 3. The zero-order chi connectivity index (χ0) is 20.3. The van der Waals surface area contributed by atoms with Crippen molar-refractivity contribution >= 4 is 5.69 Å². The summed E-state index contributed by atoms with van der Waals surface area (Å²) in [4.78, 5) is 4.66.